The van der Waals surface area contributed by atoms with Crippen molar-refractivity contribution in [3.8, 4) is 22.3 Å². The van der Waals surface area contributed by atoms with Gasteiger partial charge in [0, 0.05) is 16.3 Å². The Bertz CT molecular complexity index is 1230. The first-order valence-corrected chi connectivity index (χ1v) is 9.87. The van der Waals surface area contributed by atoms with Crippen LogP contribution >= 0.6 is 0 Å². The number of aryl methyl sites for hydroxylation is 1. The number of hydrogen-bond donors (Lipinski definition) is 0. The molecule has 0 spiro atoms. The van der Waals surface area contributed by atoms with Crippen molar-refractivity contribution >= 4 is 21.9 Å². The van der Waals surface area contributed by atoms with Crippen LogP contribution in [-0.4, -0.2) is 0 Å². The summed E-state index contributed by atoms with van der Waals surface area (Å²) in [6, 6.07) is 31.9. The molecule has 0 radical (unpaired) electrons. The van der Waals surface area contributed by atoms with Crippen molar-refractivity contribution < 1.29 is 4.42 Å². The molecule has 28 heavy (non-hydrogen) atoms. The second-order valence-electron chi connectivity index (χ2n) is 6.73. The van der Waals surface area contributed by atoms with Gasteiger partial charge in [0.2, 0.25) is 0 Å². The molecule has 0 fully saturated rings. The summed E-state index contributed by atoms with van der Waals surface area (Å²) in [5.74, 6) is 0. The Morgan fingerprint density at radius 3 is 2.04 bits per heavy atom. The van der Waals surface area contributed by atoms with Gasteiger partial charge >= 0.3 is 0 Å². The quantitative estimate of drug-likeness (QED) is 0.307. The van der Waals surface area contributed by atoms with Gasteiger partial charge in [-0.25, -0.2) is 0 Å². The number of furan rings is 1. The number of benzene rings is 4. The van der Waals surface area contributed by atoms with E-state index in [9.17, 15) is 0 Å². The Hall–Kier alpha value is -3.32. The molecule has 4 aromatic carbocycles. The van der Waals surface area contributed by atoms with Crippen molar-refractivity contribution in [2.75, 3.05) is 0 Å². The molecule has 0 aliphatic heterocycles. The Kier molecular flexibility index (Phi) is 4.99. The number of fused-ring (bicyclic) bond motifs is 3. The highest BCUT2D eigenvalue weighted by Crippen LogP contribution is 2.36. The van der Waals surface area contributed by atoms with Crippen LogP contribution in [0, 0.1) is 6.92 Å². The van der Waals surface area contributed by atoms with Crippen molar-refractivity contribution in [3.63, 3.8) is 0 Å². The minimum atomic E-state index is 0.936. The lowest BCUT2D eigenvalue weighted by molar-refractivity contribution is 0.670. The summed E-state index contributed by atoms with van der Waals surface area (Å²) in [5, 5.41) is 2.33. The second-order valence-corrected chi connectivity index (χ2v) is 6.73. The molecule has 1 nitrogen and oxygen atoms in total. The zero-order chi connectivity index (χ0) is 19.5. The van der Waals surface area contributed by atoms with Crippen LogP contribution in [0.2, 0.25) is 0 Å². The highest BCUT2D eigenvalue weighted by molar-refractivity contribution is 6.09. The summed E-state index contributed by atoms with van der Waals surface area (Å²) in [7, 11) is 0. The SMILES string of the molecule is CC.Cc1cccc(-c2ccc(-c3cccc4c3oc3ccccc34)cc2)c1. The Morgan fingerprint density at radius 2 is 1.25 bits per heavy atom. The molecule has 138 valence electrons. The summed E-state index contributed by atoms with van der Waals surface area (Å²) in [6.07, 6.45) is 0. The minimum absolute atomic E-state index is 0.936. The van der Waals surface area contributed by atoms with Gasteiger partial charge in [0.05, 0.1) is 0 Å². The predicted octanol–water partition coefficient (Wildman–Crippen LogP) is 8.25. The molecule has 0 atom stereocenters. The summed E-state index contributed by atoms with van der Waals surface area (Å²) >= 11 is 0. The van der Waals surface area contributed by atoms with Crippen LogP contribution in [0.25, 0.3) is 44.2 Å². The van der Waals surface area contributed by atoms with Crippen molar-refractivity contribution in [2.45, 2.75) is 20.8 Å². The fraction of sp³-hybridized carbons (Fsp3) is 0.111. The Balaban J connectivity index is 0.000000932. The number of hydrogen-bond acceptors (Lipinski definition) is 1. The molecule has 0 unspecified atom stereocenters. The van der Waals surface area contributed by atoms with E-state index in [2.05, 4.69) is 85.8 Å². The van der Waals surface area contributed by atoms with Crippen molar-refractivity contribution in [2.24, 2.45) is 0 Å². The number of rotatable bonds is 2. The van der Waals surface area contributed by atoms with E-state index >= 15 is 0 Å². The van der Waals surface area contributed by atoms with Crippen LogP contribution in [0.1, 0.15) is 19.4 Å². The van der Waals surface area contributed by atoms with Gasteiger partial charge in [0.15, 0.2) is 0 Å². The van der Waals surface area contributed by atoms with E-state index in [1.807, 2.05) is 26.0 Å². The van der Waals surface area contributed by atoms with Crippen LogP contribution in [0.4, 0.5) is 0 Å². The summed E-state index contributed by atoms with van der Waals surface area (Å²) in [4.78, 5) is 0. The first kappa shape index (κ1) is 18.1. The third kappa shape index (κ3) is 3.20. The van der Waals surface area contributed by atoms with Crippen LogP contribution in [-0.2, 0) is 0 Å². The zero-order valence-electron chi connectivity index (χ0n) is 16.6. The lowest BCUT2D eigenvalue weighted by atomic mass is 9.98. The van der Waals surface area contributed by atoms with Crippen molar-refractivity contribution in [1.29, 1.82) is 0 Å². The smallest absolute Gasteiger partial charge is 0.143 e. The van der Waals surface area contributed by atoms with Crippen LogP contribution < -0.4 is 0 Å². The molecule has 1 heteroatoms. The van der Waals surface area contributed by atoms with E-state index in [-0.39, 0.29) is 0 Å². The maximum atomic E-state index is 6.17. The van der Waals surface area contributed by atoms with Gasteiger partial charge < -0.3 is 4.42 Å². The monoisotopic (exact) mass is 364 g/mol. The van der Waals surface area contributed by atoms with Gasteiger partial charge in [-0.2, -0.15) is 0 Å². The van der Waals surface area contributed by atoms with E-state index in [4.69, 9.17) is 4.42 Å². The Morgan fingerprint density at radius 1 is 0.571 bits per heavy atom. The fourth-order valence-corrected chi connectivity index (χ4v) is 3.64. The molecule has 5 aromatic rings. The largest absolute Gasteiger partial charge is 0.455 e. The average molecular weight is 364 g/mol. The molecule has 1 heterocycles. The van der Waals surface area contributed by atoms with E-state index < -0.39 is 0 Å². The molecule has 0 aliphatic carbocycles. The van der Waals surface area contributed by atoms with Gasteiger partial charge in [0.1, 0.15) is 11.2 Å². The molecular formula is C27H24O. The van der Waals surface area contributed by atoms with Gasteiger partial charge in [-0.3, -0.25) is 0 Å². The summed E-state index contributed by atoms with van der Waals surface area (Å²) in [5.41, 5.74) is 7.95. The highest BCUT2D eigenvalue weighted by Gasteiger charge is 2.11. The van der Waals surface area contributed by atoms with E-state index in [0.29, 0.717) is 0 Å². The van der Waals surface area contributed by atoms with Crippen LogP contribution in [0.15, 0.2) is 95.4 Å². The topological polar surface area (TPSA) is 13.1 Å². The van der Waals surface area contributed by atoms with Crippen LogP contribution in [0.5, 0.6) is 0 Å². The third-order valence-electron chi connectivity index (χ3n) is 4.95. The highest BCUT2D eigenvalue weighted by atomic mass is 16.3. The molecule has 0 bridgehead atoms. The molecular weight excluding hydrogens is 340 g/mol. The molecule has 0 saturated heterocycles. The van der Waals surface area contributed by atoms with Gasteiger partial charge in [-0.15, -0.1) is 0 Å². The molecule has 0 N–H and O–H groups in total. The molecule has 0 saturated carbocycles. The maximum Gasteiger partial charge on any atom is 0.143 e. The van der Waals surface area contributed by atoms with Gasteiger partial charge in [-0.05, 0) is 29.7 Å². The fourth-order valence-electron chi connectivity index (χ4n) is 3.64. The van der Waals surface area contributed by atoms with Crippen LogP contribution in [0.3, 0.4) is 0 Å². The second kappa shape index (κ2) is 7.74. The molecule has 0 amide bonds. The predicted molar refractivity (Wildman–Crippen MR) is 121 cm³/mol. The van der Waals surface area contributed by atoms with Crippen molar-refractivity contribution in [3.05, 3.63) is 96.6 Å². The van der Waals surface area contributed by atoms with Crippen molar-refractivity contribution in [1.82, 2.24) is 0 Å². The molecule has 1 aromatic heterocycles. The zero-order valence-corrected chi connectivity index (χ0v) is 16.6. The van der Waals surface area contributed by atoms with Gasteiger partial charge in [0.25, 0.3) is 0 Å². The molecule has 0 aliphatic rings. The van der Waals surface area contributed by atoms with Gasteiger partial charge in [-0.1, -0.05) is 104 Å². The summed E-state index contributed by atoms with van der Waals surface area (Å²) < 4.78 is 6.17. The number of para-hydroxylation sites is 2. The summed E-state index contributed by atoms with van der Waals surface area (Å²) in [6.45, 7) is 6.13. The van der Waals surface area contributed by atoms with E-state index in [0.717, 1.165) is 16.7 Å². The first-order chi connectivity index (χ1) is 13.8. The maximum absolute atomic E-state index is 6.17. The normalized spacial score (nSPS) is 10.7. The Labute approximate surface area is 166 Å². The lowest BCUT2D eigenvalue weighted by Gasteiger charge is -2.06. The van der Waals surface area contributed by atoms with E-state index in [1.165, 1.54) is 33.0 Å². The standard InChI is InChI=1S/C25H18O.C2H6/c1-17-6-4-7-20(16-17)18-12-14-19(15-13-18)21-9-5-10-23-22-8-2-3-11-24(22)26-25(21)23;1-2/h2-16H,1H3;1-2H3. The lowest BCUT2D eigenvalue weighted by Crippen LogP contribution is -1.82. The average Bonchev–Trinajstić information content (AvgIpc) is 3.14. The third-order valence-corrected chi connectivity index (χ3v) is 4.95. The van der Waals surface area contributed by atoms with E-state index in [1.54, 1.807) is 0 Å². The molecule has 5 rings (SSSR count). The minimum Gasteiger partial charge on any atom is -0.455 e. The first-order valence-electron chi connectivity index (χ1n) is 9.87.